The Labute approximate surface area is 140 Å². The molecule has 0 amide bonds. The smallest absolute Gasteiger partial charge is 0.116 e. The van der Waals surface area contributed by atoms with Crippen LogP contribution >= 0.6 is 0 Å². The summed E-state index contributed by atoms with van der Waals surface area (Å²) in [7, 11) is 0. The lowest BCUT2D eigenvalue weighted by atomic mass is 10.1. The average molecular weight is 316 g/mol. The van der Waals surface area contributed by atoms with Crippen molar-refractivity contribution in [1.82, 2.24) is 9.97 Å². The summed E-state index contributed by atoms with van der Waals surface area (Å²) < 4.78 is 0. The Morgan fingerprint density at radius 2 is 1.12 bits per heavy atom. The third-order valence-electron chi connectivity index (χ3n) is 3.34. The number of benzene rings is 2. The van der Waals surface area contributed by atoms with Crippen LogP contribution in [0.15, 0.2) is 60.9 Å². The predicted octanol–water partition coefficient (Wildman–Crippen LogP) is 4.23. The van der Waals surface area contributed by atoms with Crippen LogP contribution in [0.25, 0.3) is 24.3 Å². The van der Waals surface area contributed by atoms with E-state index in [1.54, 1.807) is 36.4 Å². The zero-order valence-electron chi connectivity index (χ0n) is 12.9. The van der Waals surface area contributed by atoms with E-state index in [1.165, 1.54) is 6.33 Å². The van der Waals surface area contributed by atoms with Gasteiger partial charge in [0, 0.05) is 0 Å². The van der Waals surface area contributed by atoms with Crippen molar-refractivity contribution in [2.75, 3.05) is 0 Å². The molecule has 4 nitrogen and oxygen atoms in total. The maximum absolute atomic E-state index is 9.47. The van der Waals surface area contributed by atoms with E-state index in [0.717, 1.165) is 22.5 Å². The molecule has 0 saturated carbocycles. The second-order valence-corrected chi connectivity index (χ2v) is 5.22. The maximum Gasteiger partial charge on any atom is 0.116 e. The first kappa shape index (κ1) is 15.5. The minimum atomic E-state index is 0.231. The van der Waals surface area contributed by atoms with Gasteiger partial charge in [-0.1, -0.05) is 36.4 Å². The molecule has 2 aromatic carbocycles. The molecule has 0 aliphatic rings. The molecule has 4 heteroatoms. The van der Waals surface area contributed by atoms with Crippen molar-refractivity contribution in [3.05, 3.63) is 83.4 Å². The Bertz CT molecular complexity index is 831. The zero-order valence-corrected chi connectivity index (χ0v) is 12.9. The van der Waals surface area contributed by atoms with Gasteiger partial charge in [-0.3, -0.25) is 0 Å². The van der Waals surface area contributed by atoms with E-state index in [4.69, 9.17) is 0 Å². The molecule has 0 aliphatic heterocycles. The van der Waals surface area contributed by atoms with Crippen molar-refractivity contribution >= 4 is 24.3 Å². The molecule has 0 spiro atoms. The topological polar surface area (TPSA) is 66.2 Å². The Kier molecular flexibility index (Phi) is 4.68. The molecule has 24 heavy (non-hydrogen) atoms. The highest BCUT2D eigenvalue weighted by Crippen LogP contribution is 2.15. The Morgan fingerprint density at radius 3 is 1.58 bits per heavy atom. The van der Waals surface area contributed by atoms with E-state index in [1.807, 2.05) is 42.5 Å². The van der Waals surface area contributed by atoms with E-state index < -0.39 is 0 Å². The number of aromatic hydroxyl groups is 2. The minimum absolute atomic E-state index is 0.231. The monoisotopic (exact) mass is 316 g/mol. The second kappa shape index (κ2) is 7.24. The lowest BCUT2D eigenvalue weighted by Gasteiger charge is -1.98. The lowest BCUT2D eigenvalue weighted by Crippen LogP contribution is -1.86. The molecular weight excluding hydrogens is 300 g/mol. The molecule has 2 N–H and O–H groups in total. The van der Waals surface area contributed by atoms with E-state index >= 15 is 0 Å². The van der Waals surface area contributed by atoms with Crippen molar-refractivity contribution in [1.29, 1.82) is 0 Å². The van der Waals surface area contributed by atoms with E-state index in [9.17, 15) is 10.2 Å². The molecule has 0 saturated heterocycles. The number of phenols is 2. The number of nitrogens with zero attached hydrogens (tertiary/aromatic N) is 2. The van der Waals surface area contributed by atoms with Gasteiger partial charge >= 0.3 is 0 Å². The predicted molar refractivity (Wildman–Crippen MR) is 96.1 cm³/mol. The molecule has 0 unspecified atom stereocenters. The summed E-state index contributed by atoms with van der Waals surface area (Å²) in [5, 5.41) is 18.9. The highest BCUT2D eigenvalue weighted by atomic mass is 16.3. The van der Waals surface area contributed by atoms with E-state index in [0.29, 0.717) is 0 Å². The number of rotatable bonds is 4. The van der Waals surface area contributed by atoms with Crippen LogP contribution in [0, 0.1) is 0 Å². The SMILES string of the molecule is Oc1cccc(/C=C/c2cc(/C=C/c3cccc(O)c3)ncn2)c1. The molecule has 1 aromatic heterocycles. The van der Waals surface area contributed by atoms with Crippen LogP contribution in [0.3, 0.4) is 0 Å². The second-order valence-electron chi connectivity index (χ2n) is 5.22. The first-order chi connectivity index (χ1) is 11.7. The quantitative estimate of drug-likeness (QED) is 0.756. The largest absolute Gasteiger partial charge is 0.508 e. The van der Waals surface area contributed by atoms with Gasteiger partial charge in [0.1, 0.15) is 17.8 Å². The van der Waals surface area contributed by atoms with Crippen molar-refractivity contribution in [3.63, 3.8) is 0 Å². The lowest BCUT2D eigenvalue weighted by molar-refractivity contribution is 0.474. The Morgan fingerprint density at radius 1 is 0.625 bits per heavy atom. The molecule has 0 atom stereocenters. The van der Waals surface area contributed by atoms with Gasteiger partial charge in [-0.25, -0.2) is 9.97 Å². The van der Waals surface area contributed by atoms with Crippen LogP contribution in [0.5, 0.6) is 11.5 Å². The van der Waals surface area contributed by atoms with Crippen molar-refractivity contribution in [3.8, 4) is 11.5 Å². The van der Waals surface area contributed by atoms with Crippen LogP contribution in [0.2, 0.25) is 0 Å². The number of aromatic nitrogens is 2. The molecular formula is C20H16N2O2. The summed E-state index contributed by atoms with van der Waals surface area (Å²) in [5.41, 5.74) is 3.32. The average Bonchev–Trinajstić information content (AvgIpc) is 2.59. The molecule has 0 fully saturated rings. The molecule has 1 heterocycles. The Balaban J connectivity index is 1.76. The van der Waals surface area contributed by atoms with Gasteiger partial charge < -0.3 is 10.2 Å². The first-order valence-corrected chi connectivity index (χ1v) is 7.45. The first-order valence-electron chi connectivity index (χ1n) is 7.45. The van der Waals surface area contributed by atoms with Crippen LogP contribution < -0.4 is 0 Å². The maximum atomic E-state index is 9.47. The van der Waals surface area contributed by atoms with Gasteiger partial charge in [-0.15, -0.1) is 0 Å². The van der Waals surface area contributed by atoms with Gasteiger partial charge in [0.05, 0.1) is 11.4 Å². The molecule has 3 aromatic rings. The fraction of sp³-hybridized carbons (Fsp3) is 0. The van der Waals surface area contributed by atoms with Crippen LogP contribution in [-0.4, -0.2) is 20.2 Å². The highest BCUT2D eigenvalue weighted by Gasteiger charge is 1.95. The van der Waals surface area contributed by atoms with Crippen LogP contribution in [-0.2, 0) is 0 Å². The normalized spacial score (nSPS) is 11.3. The van der Waals surface area contributed by atoms with Gasteiger partial charge in [0.25, 0.3) is 0 Å². The van der Waals surface area contributed by atoms with Crippen LogP contribution in [0.1, 0.15) is 22.5 Å². The summed E-state index contributed by atoms with van der Waals surface area (Å²) in [6.07, 6.45) is 8.99. The number of hydrogen-bond donors (Lipinski definition) is 2. The van der Waals surface area contributed by atoms with Gasteiger partial charge in [-0.05, 0) is 53.6 Å². The van der Waals surface area contributed by atoms with Crippen LogP contribution in [0.4, 0.5) is 0 Å². The summed E-state index contributed by atoms with van der Waals surface area (Å²) in [6, 6.07) is 15.9. The van der Waals surface area contributed by atoms with Gasteiger partial charge in [0.15, 0.2) is 0 Å². The van der Waals surface area contributed by atoms with Crippen molar-refractivity contribution in [2.45, 2.75) is 0 Å². The van der Waals surface area contributed by atoms with E-state index in [2.05, 4.69) is 9.97 Å². The molecule has 0 bridgehead atoms. The summed E-state index contributed by atoms with van der Waals surface area (Å²) in [5.74, 6) is 0.462. The molecule has 0 aliphatic carbocycles. The third-order valence-corrected chi connectivity index (χ3v) is 3.34. The van der Waals surface area contributed by atoms with Gasteiger partial charge in [0.2, 0.25) is 0 Å². The van der Waals surface area contributed by atoms with Crippen molar-refractivity contribution < 1.29 is 10.2 Å². The molecule has 0 radical (unpaired) electrons. The zero-order chi connectivity index (χ0) is 16.8. The Hall–Kier alpha value is -3.40. The minimum Gasteiger partial charge on any atom is -0.508 e. The standard InChI is InChI=1S/C20H16N2O2/c23-19-5-1-3-15(11-19)7-9-17-13-18(22-14-21-17)10-8-16-4-2-6-20(24)12-16/h1-14,23-24H/b9-7+,10-8+. The van der Waals surface area contributed by atoms with Crippen molar-refractivity contribution in [2.24, 2.45) is 0 Å². The highest BCUT2D eigenvalue weighted by molar-refractivity contribution is 5.72. The summed E-state index contributed by atoms with van der Waals surface area (Å²) in [4.78, 5) is 8.42. The summed E-state index contributed by atoms with van der Waals surface area (Å²) in [6.45, 7) is 0. The molecule has 118 valence electrons. The van der Waals surface area contributed by atoms with Gasteiger partial charge in [-0.2, -0.15) is 0 Å². The molecule has 3 rings (SSSR count). The fourth-order valence-electron chi connectivity index (χ4n) is 2.19. The number of phenolic OH excluding ortho intramolecular Hbond substituents is 2. The number of hydrogen-bond acceptors (Lipinski definition) is 4. The fourth-order valence-corrected chi connectivity index (χ4v) is 2.19. The summed E-state index contributed by atoms with van der Waals surface area (Å²) >= 11 is 0. The van der Waals surface area contributed by atoms with E-state index in [-0.39, 0.29) is 11.5 Å². The third kappa shape index (κ3) is 4.30.